The van der Waals surface area contributed by atoms with Crippen molar-refractivity contribution in [3.05, 3.63) is 47.8 Å². The summed E-state index contributed by atoms with van der Waals surface area (Å²) >= 11 is 0. The highest BCUT2D eigenvalue weighted by Gasteiger charge is 2.19. The molecule has 0 radical (unpaired) electrons. The van der Waals surface area contributed by atoms with Gasteiger partial charge in [-0.1, -0.05) is 0 Å². The van der Waals surface area contributed by atoms with E-state index in [1.165, 1.54) is 0 Å². The minimum atomic E-state index is -3.52. The van der Waals surface area contributed by atoms with E-state index < -0.39 is 10.0 Å². The number of ether oxygens (including phenoxy) is 1. The highest BCUT2D eigenvalue weighted by molar-refractivity contribution is 7.89. The molecule has 21 heavy (non-hydrogen) atoms. The maximum absolute atomic E-state index is 12.4. The number of methoxy groups -OCH3 is 1. The zero-order chi connectivity index (χ0) is 15.5. The number of nitrogens with zero attached hydrogens (tertiary/aromatic N) is 1. The minimum Gasteiger partial charge on any atom is -0.497 e. The van der Waals surface area contributed by atoms with Crippen LogP contribution in [0.2, 0.25) is 0 Å². The van der Waals surface area contributed by atoms with E-state index in [-0.39, 0.29) is 0 Å². The molecule has 0 saturated carbocycles. The Labute approximate surface area is 125 Å². The lowest BCUT2D eigenvalue weighted by Gasteiger charge is -2.14. The molecule has 6 heteroatoms. The molecule has 114 valence electrons. The predicted molar refractivity (Wildman–Crippen MR) is 82.1 cm³/mol. The van der Waals surface area contributed by atoms with Gasteiger partial charge in [0.05, 0.1) is 12.0 Å². The zero-order valence-electron chi connectivity index (χ0n) is 12.5. The quantitative estimate of drug-likeness (QED) is 0.889. The highest BCUT2D eigenvalue weighted by atomic mass is 32.2. The molecular formula is C15H20N2O3S. The van der Waals surface area contributed by atoms with Gasteiger partial charge in [-0.15, -0.1) is 0 Å². The van der Waals surface area contributed by atoms with Crippen LogP contribution < -0.4 is 9.46 Å². The van der Waals surface area contributed by atoms with Crippen LogP contribution in [-0.2, 0) is 16.6 Å². The van der Waals surface area contributed by atoms with Gasteiger partial charge < -0.3 is 9.30 Å². The highest BCUT2D eigenvalue weighted by Crippen LogP contribution is 2.25. The van der Waals surface area contributed by atoms with Crippen LogP contribution >= 0.6 is 0 Å². The monoisotopic (exact) mass is 308 g/mol. The van der Waals surface area contributed by atoms with Gasteiger partial charge in [-0.3, -0.25) is 0 Å². The van der Waals surface area contributed by atoms with Crippen molar-refractivity contribution in [3.8, 4) is 5.75 Å². The summed E-state index contributed by atoms with van der Waals surface area (Å²) < 4.78 is 34.6. The van der Waals surface area contributed by atoms with Crippen molar-refractivity contribution in [2.24, 2.45) is 0 Å². The normalized spacial score (nSPS) is 11.6. The second kappa shape index (κ2) is 6.32. The Bertz CT molecular complexity index is 684. The van der Waals surface area contributed by atoms with Crippen LogP contribution in [0.4, 0.5) is 0 Å². The maximum atomic E-state index is 12.4. The van der Waals surface area contributed by atoms with Crippen molar-refractivity contribution in [3.63, 3.8) is 0 Å². The summed E-state index contributed by atoms with van der Waals surface area (Å²) in [6.07, 6.45) is 3.80. The van der Waals surface area contributed by atoms with Gasteiger partial charge in [0.1, 0.15) is 5.75 Å². The first-order chi connectivity index (χ1) is 9.94. The molecular weight excluding hydrogens is 288 g/mol. The number of aryl methyl sites for hydroxylation is 2. The fraction of sp³-hybridized carbons (Fsp3) is 0.333. The van der Waals surface area contributed by atoms with Crippen molar-refractivity contribution >= 4 is 10.0 Å². The van der Waals surface area contributed by atoms with E-state index in [0.717, 1.165) is 0 Å². The molecule has 1 aromatic carbocycles. The van der Waals surface area contributed by atoms with Crippen molar-refractivity contribution in [2.45, 2.75) is 25.3 Å². The Balaban J connectivity index is 2.15. The maximum Gasteiger partial charge on any atom is 0.241 e. The number of hydrogen-bond donors (Lipinski definition) is 1. The van der Waals surface area contributed by atoms with Gasteiger partial charge in [-0.2, -0.15) is 0 Å². The van der Waals surface area contributed by atoms with Crippen LogP contribution in [0.5, 0.6) is 5.75 Å². The lowest BCUT2D eigenvalue weighted by atomic mass is 10.1. The summed E-state index contributed by atoms with van der Waals surface area (Å²) in [6.45, 7) is 4.49. The Morgan fingerprint density at radius 3 is 2.24 bits per heavy atom. The first-order valence-corrected chi connectivity index (χ1v) is 8.18. The van der Waals surface area contributed by atoms with Gasteiger partial charge in [0.15, 0.2) is 0 Å². The molecule has 0 aliphatic heterocycles. The largest absolute Gasteiger partial charge is 0.497 e. The van der Waals surface area contributed by atoms with E-state index in [2.05, 4.69) is 4.72 Å². The molecule has 1 N–H and O–H groups in total. The second-order valence-corrected chi connectivity index (χ2v) is 6.61. The molecule has 1 heterocycles. The topological polar surface area (TPSA) is 60.3 Å². The third-order valence-corrected chi connectivity index (χ3v) is 5.03. The van der Waals surface area contributed by atoms with Crippen LogP contribution in [0.25, 0.3) is 0 Å². The minimum absolute atomic E-state index is 0.329. The molecule has 0 saturated heterocycles. The SMILES string of the molecule is COc1cc(C)c(S(=O)(=O)NCCn2cccc2)c(C)c1. The van der Waals surface area contributed by atoms with Gasteiger partial charge in [0.25, 0.3) is 0 Å². The third kappa shape index (κ3) is 3.65. The van der Waals surface area contributed by atoms with Crippen LogP contribution in [0.15, 0.2) is 41.6 Å². The van der Waals surface area contributed by atoms with Crippen LogP contribution in [0.3, 0.4) is 0 Å². The molecule has 0 spiro atoms. The molecule has 0 unspecified atom stereocenters. The standard InChI is InChI=1S/C15H20N2O3S/c1-12-10-14(20-3)11-13(2)15(12)21(18,19)16-6-9-17-7-4-5-8-17/h4-5,7-8,10-11,16H,6,9H2,1-3H3. The van der Waals surface area contributed by atoms with E-state index in [1.54, 1.807) is 33.1 Å². The summed E-state index contributed by atoms with van der Waals surface area (Å²) in [5.41, 5.74) is 1.36. The summed E-state index contributed by atoms with van der Waals surface area (Å²) in [4.78, 5) is 0.329. The summed E-state index contributed by atoms with van der Waals surface area (Å²) in [6, 6.07) is 7.28. The number of aromatic nitrogens is 1. The molecule has 2 aromatic rings. The van der Waals surface area contributed by atoms with Crippen molar-refractivity contribution in [1.29, 1.82) is 0 Å². The van der Waals surface area contributed by atoms with E-state index in [1.807, 2.05) is 29.1 Å². The van der Waals surface area contributed by atoms with Gasteiger partial charge in [-0.05, 0) is 49.2 Å². The van der Waals surface area contributed by atoms with Crippen LogP contribution in [-0.4, -0.2) is 26.6 Å². The Morgan fingerprint density at radius 1 is 1.14 bits per heavy atom. The summed E-state index contributed by atoms with van der Waals surface area (Å²) in [5, 5.41) is 0. The summed E-state index contributed by atoms with van der Waals surface area (Å²) in [7, 11) is -1.95. The number of hydrogen-bond acceptors (Lipinski definition) is 3. The number of benzene rings is 1. The first-order valence-electron chi connectivity index (χ1n) is 6.69. The molecule has 2 rings (SSSR count). The zero-order valence-corrected chi connectivity index (χ0v) is 13.3. The lowest BCUT2D eigenvalue weighted by Crippen LogP contribution is -2.28. The predicted octanol–water partition coefficient (Wildman–Crippen LogP) is 2.09. The molecule has 0 aliphatic carbocycles. The molecule has 0 atom stereocenters. The molecule has 0 amide bonds. The Morgan fingerprint density at radius 2 is 1.71 bits per heavy atom. The molecule has 5 nitrogen and oxygen atoms in total. The summed E-state index contributed by atoms with van der Waals surface area (Å²) in [5.74, 6) is 0.663. The van der Waals surface area contributed by atoms with Gasteiger partial charge in [-0.25, -0.2) is 13.1 Å². The number of nitrogens with one attached hydrogen (secondary N) is 1. The Kier molecular flexibility index (Phi) is 4.69. The van der Waals surface area contributed by atoms with Gasteiger partial charge in [0.2, 0.25) is 10.0 Å². The van der Waals surface area contributed by atoms with Crippen molar-refractivity contribution in [1.82, 2.24) is 9.29 Å². The second-order valence-electron chi connectivity index (χ2n) is 4.91. The lowest BCUT2D eigenvalue weighted by molar-refractivity contribution is 0.413. The fourth-order valence-corrected chi connectivity index (χ4v) is 3.82. The first kappa shape index (κ1) is 15.6. The average Bonchev–Trinajstić information content (AvgIpc) is 2.90. The molecule has 0 fully saturated rings. The van der Waals surface area contributed by atoms with Crippen molar-refractivity contribution < 1.29 is 13.2 Å². The van der Waals surface area contributed by atoms with Gasteiger partial charge >= 0.3 is 0 Å². The van der Waals surface area contributed by atoms with Crippen LogP contribution in [0.1, 0.15) is 11.1 Å². The average molecular weight is 308 g/mol. The molecule has 0 aliphatic rings. The van der Waals surface area contributed by atoms with E-state index >= 15 is 0 Å². The van der Waals surface area contributed by atoms with Crippen LogP contribution in [0, 0.1) is 13.8 Å². The number of sulfonamides is 1. The smallest absolute Gasteiger partial charge is 0.241 e. The molecule has 0 bridgehead atoms. The van der Waals surface area contributed by atoms with E-state index in [9.17, 15) is 8.42 Å². The number of rotatable bonds is 6. The van der Waals surface area contributed by atoms with E-state index in [0.29, 0.717) is 34.9 Å². The van der Waals surface area contributed by atoms with Crippen molar-refractivity contribution in [2.75, 3.05) is 13.7 Å². The fourth-order valence-electron chi connectivity index (χ4n) is 2.35. The third-order valence-electron chi connectivity index (χ3n) is 3.27. The van der Waals surface area contributed by atoms with Gasteiger partial charge in [0, 0.05) is 25.5 Å². The molecule has 1 aromatic heterocycles. The van der Waals surface area contributed by atoms with E-state index in [4.69, 9.17) is 4.74 Å². The Hall–Kier alpha value is -1.79.